The summed E-state index contributed by atoms with van der Waals surface area (Å²) in [5, 5.41) is 20.8. The van der Waals surface area contributed by atoms with E-state index in [0.29, 0.717) is 12.3 Å². The van der Waals surface area contributed by atoms with Gasteiger partial charge in [0.25, 0.3) is 0 Å². The number of phenolic OH excluding ortho intramolecular Hbond substituents is 1. The van der Waals surface area contributed by atoms with Gasteiger partial charge in [-0.25, -0.2) is 0 Å². The highest BCUT2D eigenvalue weighted by Crippen LogP contribution is 2.50. The van der Waals surface area contributed by atoms with Gasteiger partial charge in [-0.2, -0.15) is 0 Å². The molecule has 0 radical (unpaired) electrons. The van der Waals surface area contributed by atoms with E-state index in [2.05, 4.69) is 6.92 Å². The summed E-state index contributed by atoms with van der Waals surface area (Å²) in [5.41, 5.74) is 1.36. The number of ether oxygens (including phenoxy) is 1. The predicted octanol–water partition coefficient (Wildman–Crippen LogP) is 2.37. The monoisotopic (exact) mass is 342 g/mol. The molecule has 25 heavy (non-hydrogen) atoms. The zero-order valence-corrected chi connectivity index (χ0v) is 14.3. The van der Waals surface area contributed by atoms with E-state index < -0.39 is 24.0 Å². The number of Topliss-reactive ketones (excluding diaryl/α,β-unsaturated/α-hetero) is 2. The number of aliphatic hydroxyl groups is 1. The Morgan fingerprint density at radius 1 is 1.12 bits per heavy atom. The van der Waals surface area contributed by atoms with Gasteiger partial charge >= 0.3 is 0 Å². The number of ketones is 2. The minimum atomic E-state index is -0.699. The molecule has 3 aliphatic carbocycles. The summed E-state index contributed by atoms with van der Waals surface area (Å²) in [4.78, 5) is 26.4. The maximum absolute atomic E-state index is 13.2. The van der Waals surface area contributed by atoms with Gasteiger partial charge in [0.05, 0.1) is 23.7 Å². The summed E-state index contributed by atoms with van der Waals surface area (Å²) < 4.78 is 5.54. The predicted molar refractivity (Wildman–Crippen MR) is 90.5 cm³/mol. The van der Waals surface area contributed by atoms with Crippen molar-refractivity contribution in [3.8, 4) is 5.75 Å². The molecule has 0 unspecified atom stereocenters. The number of phenols is 1. The number of aromatic hydroxyl groups is 1. The maximum atomic E-state index is 13.2. The Morgan fingerprint density at radius 2 is 1.88 bits per heavy atom. The first kappa shape index (κ1) is 16.5. The molecular formula is C20H22O5. The van der Waals surface area contributed by atoms with Gasteiger partial charge in [-0.15, -0.1) is 0 Å². The number of methoxy groups -OCH3 is 1. The van der Waals surface area contributed by atoms with Crippen LogP contribution in [0.5, 0.6) is 5.75 Å². The third-order valence-corrected chi connectivity index (χ3v) is 6.01. The molecule has 1 aromatic carbocycles. The van der Waals surface area contributed by atoms with Crippen LogP contribution in [0.1, 0.15) is 40.5 Å². The molecule has 5 nitrogen and oxygen atoms in total. The van der Waals surface area contributed by atoms with Gasteiger partial charge in [0.1, 0.15) is 5.75 Å². The second-order valence-electron chi connectivity index (χ2n) is 7.56. The van der Waals surface area contributed by atoms with Crippen LogP contribution in [0.4, 0.5) is 0 Å². The number of hydrogen-bond acceptors (Lipinski definition) is 5. The number of fused-ring (bicyclic) bond motifs is 4. The summed E-state index contributed by atoms with van der Waals surface area (Å²) in [6.07, 6.45) is 2.19. The molecule has 0 aromatic heterocycles. The molecular weight excluding hydrogens is 320 g/mol. The van der Waals surface area contributed by atoms with Gasteiger partial charge in [-0.05, 0) is 24.8 Å². The average Bonchev–Trinajstić information content (AvgIpc) is 2.57. The van der Waals surface area contributed by atoms with Crippen molar-refractivity contribution in [3.63, 3.8) is 0 Å². The lowest BCUT2D eigenvalue weighted by Crippen LogP contribution is -2.53. The highest BCUT2D eigenvalue weighted by atomic mass is 16.5. The smallest absolute Gasteiger partial charge is 0.174 e. The lowest BCUT2D eigenvalue weighted by Gasteiger charge is -2.47. The molecule has 132 valence electrons. The lowest BCUT2D eigenvalue weighted by molar-refractivity contribution is -0.00907. The molecule has 0 aliphatic heterocycles. The third kappa shape index (κ3) is 2.29. The third-order valence-electron chi connectivity index (χ3n) is 6.01. The molecule has 0 heterocycles. The average molecular weight is 342 g/mol. The van der Waals surface area contributed by atoms with Gasteiger partial charge < -0.3 is 14.9 Å². The molecule has 0 bridgehead atoms. The second-order valence-corrected chi connectivity index (χ2v) is 7.56. The molecule has 0 amide bonds. The minimum Gasteiger partial charge on any atom is -0.507 e. The van der Waals surface area contributed by atoms with Gasteiger partial charge in [-0.1, -0.05) is 30.7 Å². The number of carbonyl (C=O) groups is 2. The molecule has 1 saturated carbocycles. The van der Waals surface area contributed by atoms with Crippen molar-refractivity contribution >= 4 is 11.6 Å². The van der Waals surface area contributed by atoms with Gasteiger partial charge in [0.2, 0.25) is 0 Å². The van der Waals surface area contributed by atoms with Crippen molar-refractivity contribution in [2.24, 2.45) is 23.7 Å². The van der Waals surface area contributed by atoms with Crippen LogP contribution >= 0.6 is 0 Å². The van der Waals surface area contributed by atoms with Crippen molar-refractivity contribution in [2.75, 3.05) is 7.11 Å². The first-order chi connectivity index (χ1) is 11.9. The molecule has 2 N–H and O–H groups in total. The van der Waals surface area contributed by atoms with E-state index in [1.807, 2.05) is 6.08 Å². The Morgan fingerprint density at radius 3 is 2.60 bits per heavy atom. The molecule has 4 rings (SSSR count). The molecule has 5 heteroatoms. The van der Waals surface area contributed by atoms with E-state index in [1.54, 1.807) is 12.1 Å². The Kier molecular flexibility index (Phi) is 3.81. The maximum Gasteiger partial charge on any atom is 0.174 e. The van der Waals surface area contributed by atoms with Crippen molar-refractivity contribution in [1.29, 1.82) is 0 Å². The van der Waals surface area contributed by atoms with Crippen LogP contribution in [-0.4, -0.2) is 41.1 Å². The molecule has 6 atom stereocenters. The topological polar surface area (TPSA) is 83.8 Å². The Labute approximate surface area is 146 Å². The van der Waals surface area contributed by atoms with E-state index in [9.17, 15) is 19.8 Å². The Bertz CT molecular complexity index is 780. The largest absolute Gasteiger partial charge is 0.507 e. The molecule has 0 spiro atoms. The van der Waals surface area contributed by atoms with Crippen LogP contribution in [0.25, 0.3) is 0 Å². The molecule has 3 aliphatic rings. The van der Waals surface area contributed by atoms with Crippen molar-refractivity contribution in [1.82, 2.24) is 0 Å². The SMILES string of the molecule is CO[C@H]1C=C2C[C@H](C)C[C@H](O)[C@H]2[C@H]2C(=O)c3cccc(O)c3C(=O)[C@H]21. The van der Waals surface area contributed by atoms with E-state index in [4.69, 9.17) is 4.74 Å². The van der Waals surface area contributed by atoms with Crippen LogP contribution in [0.3, 0.4) is 0 Å². The van der Waals surface area contributed by atoms with E-state index in [1.165, 1.54) is 13.2 Å². The van der Waals surface area contributed by atoms with Crippen LogP contribution in [0.2, 0.25) is 0 Å². The van der Waals surface area contributed by atoms with E-state index >= 15 is 0 Å². The standard InChI is InChI=1S/C20H22O5/c1-9-6-10-8-14(25-2)17-18(15(10)13(22)7-9)19(23)11-4-3-5-12(21)16(11)20(17)24/h3-5,8-9,13-15,17-18,21-22H,6-7H2,1-2H3/t9-,13-,14-,15-,17-,18+/m0/s1. The van der Waals surface area contributed by atoms with Gasteiger partial charge in [0.15, 0.2) is 11.6 Å². The molecule has 1 fully saturated rings. The van der Waals surface area contributed by atoms with Gasteiger partial charge in [-0.3, -0.25) is 9.59 Å². The normalized spacial score (nSPS) is 37.0. The van der Waals surface area contributed by atoms with E-state index in [0.717, 1.165) is 12.0 Å². The number of aliphatic hydroxyl groups excluding tert-OH is 1. The number of carbonyl (C=O) groups excluding carboxylic acids is 2. The molecule has 1 aromatic rings. The first-order valence-corrected chi connectivity index (χ1v) is 8.76. The number of rotatable bonds is 1. The van der Waals surface area contributed by atoms with Crippen molar-refractivity contribution in [2.45, 2.75) is 32.0 Å². The summed E-state index contributed by atoms with van der Waals surface area (Å²) in [7, 11) is 1.53. The fourth-order valence-corrected chi connectivity index (χ4v) is 5.02. The highest BCUT2D eigenvalue weighted by Gasteiger charge is 2.55. The Balaban J connectivity index is 1.89. The van der Waals surface area contributed by atoms with Crippen molar-refractivity contribution < 1.29 is 24.5 Å². The number of benzene rings is 1. The minimum absolute atomic E-state index is 0.0892. The fraction of sp³-hybridized carbons (Fsp3) is 0.500. The molecule has 0 saturated heterocycles. The van der Waals surface area contributed by atoms with Crippen molar-refractivity contribution in [3.05, 3.63) is 41.0 Å². The zero-order chi connectivity index (χ0) is 17.9. The highest BCUT2D eigenvalue weighted by molar-refractivity contribution is 6.18. The summed E-state index contributed by atoms with van der Waals surface area (Å²) >= 11 is 0. The number of hydrogen-bond donors (Lipinski definition) is 2. The second kappa shape index (κ2) is 5.78. The Hall–Kier alpha value is -1.98. The quantitative estimate of drug-likeness (QED) is 0.766. The van der Waals surface area contributed by atoms with E-state index in [-0.39, 0.29) is 34.4 Å². The van der Waals surface area contributed by atoms with Crippen LogP contribution in [0, 0.1) is 23.7 Å². The van der Waals surface area contributed by atoms with Crippen LogP contribution < -0.4 is 0 Å². The summed E-state index contributed by atoms with van der Waals surface area (Å²) in [6.45, 7) is 2.08. The van der Waals surface area contributed by atoms with Gasteiger partial charge in [0, 0.05) is 24.5 Å². The summed E-state index contributed by atoms with van der Waals surface area (Å²) in [5.74, 6) is -1.97. The first-order valence-electron chi connectivity index (χ1n) is 8.76. The zero-order valence-electron chi connectivity index (χ0n) is 14.3. The lowest BCUT2D eigenvalue weighted by atomic mass is 9.57. The fourth-order valence-electron chi connectivity index (χ4n) is 5.02. The van der Waals surface area contributed by atoms with Crippen LogP contribution in [-0.2, 0) is 4.74 Å². The summed E-state index contributed by atoms with van der Waals surface area (Å²) in [6, 6.07) is 4.59. The van der Waals surface area contributed by atoms with Crippen LogP contribution in [0.15, 0.2) is 29.8 Å².